The van der Waals surface area contributed by atoms with E-state index in [9.17, 15) is 18.0 Å². The van der Waals surface area contributed by atoms with E-state index < -0.39 is 28.0 Å². The molecule has 0 aliphatic carbocycles. The van der Waals surface area contributed by atoms with Crippen LogP contribution in [0.5, 0.6) is 0 Å². The van der Waals surface area contributed by atoms with E-state index in [0.29, 0.717) is 23.6 Å². The third kappa shape index (κ3) is 6.49. The number of rotatable bonds is 6. The van der Waals surface area contributed by atoms with Gasteiger partial charge in [0.25, 0.3) is 0 Å². The van der Waals surface area contributed by atoms with Gasteiger partial charge in [0.1, 0.15) is 6.04 Å². The van der Waals surface area contributed by atoms with Crippen LogP contribution in [0.3, 0.4) is 0 Å². The number of nitrogens with one attached hydrogen (secondary N) is 3. The molecule has 9 heteroatoms. The minimum atomic E-state index is -3.08. The summed E-state index contributed by atoms with van der Waals surface area (Å²) >= 11 is 5.83. The predicted octanol–water partition coefficient (Wildman–Crippen LogP) is 2.18. The highest BCUT2D eigenvalue weighted by Gasteiger charge is 2.30. The summed E-state index contributed by atoms with van der Waals surface area (Å²) in [4.78, 5) is 24.7. The highest BCUT2D eigenvalue weighted by Crippen LogP contribution is 2.15. The fourth-order valence-electron chi connectivity index (χ4n) is 2.76. The summed E-state index contributed by atoms with van der Waals surface area (Å²) in [5.74, 6) is -0.144. The molecule has 26 heavy (non-hydrogen) atoms. The molecule has 1 aromatic rings. The zero-order valence-electron chi connectivity index (χ0n) is 14.8. The first-order valence-electron chi connectivity index (χ1n) is 8.48. The second-order valence-corrected chi connectivity index (χ2v) is 9.56. The van der Waals surface area contributed by atoms with Crippen molar-refractivity contribution in [2.24, 2.45) is 5.92 Å². The maximum atomic E-state index is 12.5. The van der Waals surface area contributed by atoms with Crippen molar-refractivity contribution < 1.29 is 18.0 Å². The van der Waals surface area contributed by atoms with Gasteiger partial charge in [-0.2, -0.15) is 0 Å². The number of hydrogen-bond donors (Lipinski definition) is 3. The first-order chi connectivity index (χ1) is 12.1. The molecular weight excluding hydrogens is 378 g/mol. The lowest BCUT2D eigenvalue weighted by molar-refractivity contribution is -0.118. The lowest BCUT2D eigenvalue weighted by Gasteiger charge is -2.21. The van der Waals surface area contributed by atoms with Crippen molar-refractivity contribution in [3.63, 3.8) is 0 Å². The van der Waals surface area contributed by atoms with Gasteiger partial charge >= 0.3 is 6.03 Å². The van der Waals surface area contributed by atoms with Gasteiger partial charge in [0.2, 0.25) is 5.91 Å². The van der Waals surface area contributed by atoms with Crippen LogP contribution in [0.2, 0.25) is 5.02 Å². The molecule has 0 saturated carbocycles. The Labute approximate surface area is 158 Å². The summed E-state index contributed by atoms with van der Waals surface area (Å²) in [7, 11) is -3.08. The van der Waals surface area contributed by atoms with Gasteiger partial charge in [0.05, 0.1) is 11.5 Å². The van der Waals surface area contributed by atoms with Crippen molar-refractivity contribution in [3.05, 3.63) is 29.3 Å². The number of halogens is 1. The van der Waals surface area contributed by atoms with E-state index in [4.69, 9.17) is 11.6 Å². The normalized spacial score (nSPS) is 19.8. The second kappa shape index (κ2) is 8.73. The second-order valence-electron chi connectivity index (χ2n) is 6.90. The Balaban J connectivity index is 1.96. The molecule has 2 rings (SSSR count). The smallest absolute Gasteiger partial charge is 0.315 e. The molecule has 1 unspecified atom stereocenters. The first-order valence-corrected chi connectivity index (χ1v) is 10.7. The largest absolute Gasteiger partial charge is 0.334 e. The van der Waals surface area contributed by atoms with Crippen LogP contribution in [-0.4, -0.2) is 43.9 Å². The fourth-order valence-corrected chi connectivity index (χ4v) is 4.56. The molecule has 1 aliphatic rings. The van der Waals surface area contributed by atoms with E-state index in [0.717, 1.165) is 0 Å². The Bertz CT molecular complexity index is 750. The lowest BCUT2D eigenvalue weighted by Crippen LogP contribution is -2.51. The van der Waals surface area contributed by atoms with Gasteiger partial charge in [0, 0.05) is 16.8 Å². The Hall–Kier alpha value is -1.80. The summed E-state index contributed by atoms with van der Waals surface area (Å²) in [5, 5.41) is 8.60. The summed E-state index contributed by atoms with van der Waals surface area (Å²) in [6.07, 6.45) is 0.845. The molecule has 7 nitrogen and oxygen atoms in total. The molecule has 0 bridgehead atoms. The molecule has 0 radical (unpaired) electrons. The molecule has 3 N–H and O–H groups in total. The molecule has 2 atom stereocenters. The van der Waals surface area contributed by atoms with Crippen molar-refractivity contribution in [2.75, 3.05) is 16.8 Å². The van der Waals surface area contributed by atoms with Gasteiger partial charge in [-0.1, -0.05) is 25.4 Å². The van der Waals surface area contributed by atoms with Crippen LogP contribution in [0.25, 0.3) is 0 Å². The van der Waals surface area contributed by atoms with E-state index in [-0.39, 0.29) is 23.3 Å². The van der Waals surface area contributed by atoms with Gasteiger partial charge in [-0.25, -0.2) is 13.2 Å². The van der Waals surface area contributed by atoms with E-state index in [1.807, 2.05) is 13.8 Å². The van der Waals surface area contributed by atoms with E-state index in [1.165, 1.54) is 0 Å². The van der Waals surface area contributed by atoms with Crippen LogP contribution in [0.15, 0.2) is 24.3 Å². The molecule has 0 aromatic heterocycles. The van der Waals surface area contributed by atoms with E-state index in [2.05, 4.69) is 16.0 Å². The fraction of sp³-hybridized carbons (Fsp3) is 0.529. The van der Waals surface area contributed by atoms with Gasteiger partial charge in [-0.3, -0.25) is 4.79 Å². The number of hydrogen-bond acceptors (Lipinski definition) is 4. The van der Waals surface area contributed by atoms with Crippen LogP contribution in [-0.2, 0) is 14.6 Å². The van der Waals surface area contributed by atoms with Crippen molar-refractivity contribution >= 4 is 39.1 Å². The molecular formula is C17H24ClN3O4S. The maximum absolute atomic E-state index is 12.5. The summed E-state index contributed by atoms with van der Waals surface area (Å²) < 4.78 is 23.0. The molecule has 1 aliphatic heterocycles. The van der Waals surface area contributed by atoms with Crippen LogP contribution >= 0.6 is 11.6 Å². The van der Waals surface area contributed by atoms with E-state index >= 15 is 0 Å². The highest BCUT2D eigenvalue weighted by molar-refractivity contribution is 7.91. The number of amides is 3. The minimum absolute atomic E-state index is 0.0633. The van der Waals surface area contributed by atoms with Gasteiger partial charge in [-0.15, -0.1) is 0 Å². The van der Waals surface area contributed by atoms with Crippen LogP contribution in [0.1, 0.15) is 26.7 Å². The molecule has 1 aromatic carbocycles. The predicted molar refractivity (Wildman–Crippen MR) is 102 cm³/mol. The Morgan fingerprint density at radius 2 is 1.88 bits per heavy atom. The standard InChI is InChI=1S/C17H24ClN3O4S/c1-11(2)9-15(16(22)19-13-5-3-12(18)4-6-13)21-17(23)20-14-7-8-26(24,25)10-14/h3-6,11,14-15H,7-10H2,1-2H3,(H,19,22)(H2,20,21,23)/t14?,15-/m0/s1. The number of sulfone groups is 1. The third-order valence-electron chi connectivity index (χ3n) is 4.01. The molecule has 1 heterocycles. The average Bonchev–Trinajstić information content (AvgIpc) is 2.87. The van der Waals surface area contributed by atoms with Crippen molar-refractivity contribution in [2.45, 2.75) is 38.8 Å². The third-order valence-corrected chi connectivity index (χ3v) is 6.03. The van der Waals surface area contributed by atoms with Crippen molar-refractivity contribution in [1.29, 1.82) is 0 Å². The number of urea groups is 1. The van der Waals surface area contributed by atoms with Gasteiger partial charge in [-0.05, 0) is 43.0 Å². The molecule has 144 valence electrons. The summed E-state index contributed by atoms with van der Waals surface area (Å²) in [5.41, 5.74) is 0.581. The molecule has 1 saturated heterocycles. The van der Waals surface area contributed by atoms with E-state index in [1.54, 1.807) is 24.3 Å². The lowest BCUT2D eigenvalue weighted by atomic mass is 10.0. The summed E-state index contributed by atoms with van der Waals surface area (Å²) in [6.45, 7) is 3.90. The zero-order chi connectivity index (χ0) is 19.3. The number of anilines is 1. The van der Waals surface area contributed by atoms with Crippen molar-refractivity contribution in [1.82, 2.24) is 10.6 Å². The van der Waals surface area contributed by atoms with Crippen LogP contribution < -0.4 is 16.0 Å². The Kier molecular flexibility index (Phi) is 6.88. The SMILES string of the molecule is CC(C)C[C@H](NC(=O)NC1CCS(=O)(=O)C1)C(=O)Nc1ccc(Cl)cc1. The minimum Gasteiger partial charge on any atom is -0.334 e. The Morgan fingerprint density at radius 1 is 1.23 bits per heavy atom. The Morgan fingerprint density at radius 3 is 2.42 bits per heavy atom. The zero-order valence-corrected chi connectivity index (χ0v) is 16.4. The molecule has 0 spiro atoms. The number of carbonyl (C=O) groups is 2. The average molecular weight is 402 g/mol. The molecule has 3 amide bonds. The van der Waals surface area contributed by atoms with Crippen LogP contribution in [0, 0.1) is 5.92 Å². The first kappa shape index (κ1) is 20.5. The quantitative estimate of drug-likeness (QED) is 0.679. The maximum Gasteiger partial charge on any atom is 0.315 e. The van der Waals surface area contributed by atoms with Crippen molar-refractivity contribution in [3.8, 4) is 0 Å². The summed E-state index contributed by atoms with van der Waals surface area (Å²) in [6, 6.07) is 4.99. The number of benzene rings is 1. The van der Waals surface area contributed by atoms with Gasteiger partial charge in [0.15, 0.2) is 9.84 Å². The highest BCUT2D eigenvalue weighted by atomic mass is 35.5. The van der Waals surface area contributed by atoms with Gasteiger partial charge < -0.3 is 16.0 Å². The molecule has 1 fully saturated rings. The monoisotopic (exact) mass is 401 g/mol. The number of carbonyl (C=O) groups excluding carboxylic acids is 2. The topological polar surface area (TPSA) is 104 Å². The van der Waals surface area contributed by atoms with Crippen LogP contribution in [0.4, 0.5) is 10.5 Å².